The van der Waals surface area contributed by atoms with Crippen LogP contribution < -0.4 is 0 Å². The molecule has 0 atom stereocenters. The summed E-state index contributed by atoms with van der Waals surface area (Å²) in [7, 11) is 0. The fourth-order valence-electron chi connectivity index (χ4n) is 1.50. The fraction of sp³-hybridized carbons (Fsp3) is 0.333. The van der Waals surface area contributed by atoms with Gasteiger partial charge in [0.15, 0.2) is 11.5 Å². The first-order valence-corrected chi connectivity index (χ1v) is 5.39. The van der Waals surface area contributed by atoms with E-state index in [2.05, 4.69) is 4.98 Å². The van der Waals surface area contributed by atoms with E-state index >= 15 is 0 Å². The molecule has 0 bridgehead atoms. The van der Waals surface area contributed by atoms with E-state index in [-0.39, 0.29) is 18.2 Å². The molecule has 2 aromatic rings. The molecule has 1 heterocycles. The van der Waals surface area contributed by atoms with Crippen molar-refractivity contribution in [3.63, 3.8) is 0 Å². The number of esters is 1. The zero-order chi connectivity index (χ0) is 12.3. The first-order chi connectivity index (χ1) is 8.19. The maximum atomic E-state index is 12.9. The maximum Gasteiger partial charge on any atom is 0.306 e. The van der Waals surface area contributed by atoms with Crippen molar-refractivity contribution in [1.82, 2.24) is 4.98 Å². The van der Waals surface area contributed by atoms with E-state index in [1.165, 1.54) is 18.2 Å². The van der Waals surface area contributed by atoms with Gasteiger partial charge < -0.3 is 9.15 Å². The van der Waals surface area contributed by atoms with Crippen LogP contribution in [0.2, 0.25) is 0 Å². The Morgan fingerprint density at radius 2 is 2.35 bits per heavy atom. The average Bonchev–Trinajstić information content (AvgIpc) is 2.68. The number of aryl methyl sites for hydroxylation is 1. The summed E-state index contributed by atoms with van der Waals surface area (Å²) in [5, 5.41) is 0. The Morgan fingerprint density at radius 1 is 1.53 bits per heavy atom. The minimum Gasteiger partial charge on any atom is -0.466 e. The van der Waals surface area contributed by atoms with Crippen molar-refractivity contribution in [3.8, 4) is 0 Å². The number of fused-ring (bicyclic) bond motifs is 1. The zero-order valence-corrected chi connectivity index (χ0v) is 9.40. The summed E-state index contributed by atoms with van der Waals surface area (Å²) in [5.74, 6) is -0.234. The van der Waals surface area contributed by atoms with Gasteiger partial charge in [-0.3, -0.25) is 4.79 Å². The monoisotopic (exact) mass is 237 g/mol. The van der Waals surface area contributed by atoms with Crippen molar-refractivity contribution in [1.29, 1.82) is 0 Å². The van der Waals surface area contributed by atoms with Crippen LogP contribution in [-0.2, 0) is 16.0 Å². The van der Waals surface area contributed by atoms with E-state index < -0.39 is 0 Å². The highest BCUT2D eigenvalue weighted by Gasteiger charge is 2.09. The highest BCUT2D eigenvalue weighted by atomic mass is 19.1. The summed E-state index contributed by atoms with van der Waals surface area (Å²) < 4.78 is 23.1. The Hall–Kier alpha value is -1.91. The molecule has 0 aliphatic heterocycles. The van der Waals surface area contributed by atoms with Gasteiger partial charge in [0.05, 0.1) is 13.0 Å². The highest BCUT2D eigenvalue weighted by Crippen LogP contribution is 2.17. The first-order valence-electron chi connectivity index (χ1n) is 5.39. The summed E-state index contributed by atoms with van der Waals surface area (Å²) in [6.45, 7) is 2.11. The van der Waals surface area contributed by atoms with Crippen LogP contribution in [0.4, 0.5) is 4.39 Å². The van der Waals surface area contributed by atoms with Gasteiger partial charge in [-0.15, -0.1) is 0 Å². The third kappa shape index (κ3) is 2.81. The minimum atomic E-state index is -0.359. The Morgan fingerprint density at radius 3 is 3.12 bits per heavy atom. The second-order valence-corrected chi connectivity index (χ2v) is 3.52. The number of ether oxygens (including phenoxy) is 1. The molecule has 0 radical (unpaired) electrons. The molecular formula is C12H12FNO3. The molecule has 0 amide bonds. The van der Waals surface area contributed by atoms with E-state index in [1.807, 2.05) is 0 Å². The molecule has 0 saturated heterocycles. The van der Waals surface area contributed by atoms with E-state index in [0.717, 1.165) is 0 Å². The molecule has 90 valence electrons. The number of nitrogens with zero attached hydrogens (tertiary/aromatic N) is 1. The Kier molecular flexibility index (Phi) is 3.37. The van der Waals surface area contributed by atoms with Crippen LogP contribution >= 0.6 is 0 Å². The second kappa shape index (κ2) is 4.95. The van der Waals surface area contributed by atoms with Gasteiger partial charge in [0.1, 0.15) is 11.3 Å². The van der Waals surface area contributed by atoms with Crippen molar-refractivity contribution in [2.75, 3.05) is 6.61 Å². The van der Waals surface area contributed by atoms with E-state index in [9.17, 15) is 9.18 Å². The molecule has 0 unspecified atom stereocenters. The Bertz CT molecular complexity index is 536. The molecule has 0 saturated carbocycles. The van der Waals surface area contributed by atoms with Gasteiger partial charge in [-0.1, -0.05) is 0 Å². The number of hydrogen-bond acceptors (Lipinski definition) is 4. The molecule has 5 heteroatoms. The molecule has 0 N–H and O–H groups in total. The van der Waals surface area contributed by atoms with Crippen LogP contribution in [0.25, 0.3) is 11.1 Å². The normalized spacial score (nSPS) is 10.7. The van der Waals surface area contributed by atoms with E-state index in [0.29, 0.717) is 30.0 Å². The van der Waals surface area contributed by atoms with Crippen LogP contribution in [0, 0.1) is 5.82 Å². The predicted octanol–water partition coefficient (Wildman–Crippen LogP) is 2.46. The van der Waals surface area contributed by atoms with Gasteiger partial charge in [-0.25, -0.2) is 9.37 Å². The number of carbonyl (C=O) groups is 1. The quantitative estimate of drug-likeness (QED) is 0.766. The number of rotatable bonds is 4. The smallest absolute Gasteiger partial charge is 0.306 e. The van der Waals surface area contributed by atoms with Crippen molar-refractivity contribution in [2.45, 2.75) is 19.8 Å². The lowest BCUT2D eigenvalue weighted by Crippen LogP contribution is -2.05. The van der Waals surface area contributed by atoms with Crippen LogP contribution in [0.3, 0.4) is 0 Å². The van der Waals surface area contributed by atoms with Gasteiger partial charge in [0.25, 0.3) is 0 Å². The Balaban J connectivity index is 2.07. The lowest BCUT2D eigenvalue weighted by molar-refractivity contribution is -0.143. The molecule has 0 fully saturated rings. The van der Waals surface area contributed by atoms with Crippen molar-refractivity contribution < 1.29 is 18.3 Å². The summed E-state index contributed by atoms with van der Waals surface area (Å²) in [6.07, 6.45) is 0.568. The van der Waals surface area contributed by atoms with Crippen molar-refractivity contribution in [2.24, 2.45) is 0 Å². The lowest BCUT2D eigenvalue weighted by Gasteiger charge is -1.98. The summed E-state index contributed by atoms with van der Waals surface area (Å²) in [4.78, 5) is 15.2. The SMILES string of the molecule is CCOC(=O)CCc1nc2cc(F)ccc2o1. The molecule has 17 heavy (non-hydrogen) atoms. The van der Waals surface area contributed by atoms with E-state index in [4.69, 9.17) is 9.15 Å². The average molecular weight is 237 g/mol. The maximum absolute atomic E-state index is 12.9. The molecule has 1 aromatic carbocycles. The molecule has 0 aliphatic rings. The Labute approximate surface area is 97.4 Å². The highest BCUT2D eigenvalue weighted by molar-refractivity contribution is 5.73. The molecule has 0 spiro atoms. The van der Waals surface area contributed by atoms with Gasteiger partial charge in [0, 0.05) is 12.5 Å². The fourth-order valence-corrected chi connectivity index (χ4v) is 1.50. The van der Waals surface area contributed by atoms with Crippen molar-refractivity contribution in [3.05, 3.63) is 29.9 Å². The lowest BCUT2D eigenvalue weighted by atomic mass is 10.3. The standard InChI is InChI=1S/C12H12FNO3/c1-2-16-12(15)6-5-11-14-9-7-8(13)3-4-10(9)17-11/h3-4,7H,2,5-6H2,1H3. The third-order valence-electron chi connectivity index (χ3n) is 2.24. The van der Waals surface area contributed by atoms with Crippen LogP contribution in [-0.4, -0.2) is 17.6 Å². The second-order valence-electron chi connectivity index (χ2n) is 3.52. The van der Waals surface area contributed by atoms with Gasteiger partial charge in [0.2, 0.25) is 0 Å². The van der Waals surface area contributed by atoms with Crippen LogP contribution in [0.1, 0.15) is 19.2 Å². The van der Waals surface area contributed by atoms with Gasteiger partial charge in [-0.2, -0.15) is 0 Å². The summed E-state index contributed by atoms with van der Waals surface area (Å²) in [6, 6.07) is 4.13. The number of oxazole rings is 1. The first kappa shape index (κ1) is 11.6. The number of carbonyl (C=O) groups excluding carboxylic acids is 1. The number of benzene rings is 1. The summed E-state index contributed by atoms with van der Waals surface area (Å²) in [5.41, 5.74) is 0.981. The van der Waals surface area contributed by atoms with Crippen LogP contribution in [0.5, 0.6) is 0 Å². The summed E-state index contributed by atoms with van der Waals surface area (Å²) >= 11 is 0. The molecule has 4 nitrogen and oxygen atoms in total. The molecule has 0 aliphatic carbocycles. The third-order valence-corrected chi connectivity index (χ3v) is 2.24. The predicted molar refractivity (Wildman–Crippen MR) is 58.9 cm³/mol. The van der Waals surface area contributed by atoms with E-state index in [1.54, 1.807) is 6.92 Å². The van der Waals surface area contributed by atoms with Gasteiger partial charge in [-0.05, 0) is 19.1 Å². The largest absolute Gasteiger partial charge is 0.466 e. The van der Waals surface area contributed by atoms with Gasteiger partial charge >= 0.3 is 5.97 Å². The zero-order valence-electron chi connectivity index (χ0n) is 9.40. The topological polar surface area (TPSA) is 52.3 Å². The molecular weight excluding hydrogens is 225 g/mol. The number of aromatic nitrogens is 1. The molecule has 2 rings (SSSR count). The number of hydrogen-bond donors (Lipinski definition) is 0. The minimum absolute atomic E-state index is 0.211. The number of halogens is 1. The van der Waals surface area contributed by atoms with Crippen molar-refractivity contribution >= 4 is 17.1 Å². The van der Waals surface area contributed by atoms with Crippen LogP contribution in [0.15, 0.2) is 22.6 Å². The molecule has 1 aromatic heterocycles.